The minimum atomic E-state index is -0.00661. The average molecular weight is 510 g/mol. The topological polar surface area (TPSA) is 82.6 Å². The summed E-state index contributed by atoms with van der Waals surface area (Å²) in [5.74, 6) is 0.758. The van der Waals surface area contributed by atoms with Gasteiger partial charge in [-0.3, -0.25) is 14.2 Å². The van der Waals surface area contributed by atoms with E-state index in [0.717, 1.165) is 44.4 Å². The lowest BCUT2D eigenvalue weighted by Gasteiger charge is -2.07. The molecule has 0 fully saturated rings. The molecule has 1 N–H and O–H groups in total. The van der Waals surface area contributed by atoms with E-state index in [0.29, 0.717) is 24.7 Å². The summed E-state index contributed by atoms with van der Waals surface area (Å²) in [5.41, 5.74) is 4.99. The molecule has 0 aliphatic rings. The third-order valence-electron chi connectivity index (χ3n) is 6.41. The van der Waals surface area contributed by atoms with Crippen molar-refractivity contribution < 1.29 is 0 Å². The second kappa shape index (κ2) is 9.55. The Morgan fingerprint density at radius 2 is 1.73 bits per heavy atom. The van der Waals surface area contributed by atoms with Crippen LogP contribution in [0.3, 0.4) is 0 Å². The molecule has 0 unspecified atom stereocenters. The molecule has 6 aromatic rings. The number of fused-ring (bicyclic) bond motifs is 2. The number of nitrogens with one attached hydrogen (secondary N) is 1. The predicted molar refractivity (Wildman–Crippen MR) is 146 cm³/mol. The van der Waals surface area contributed by atoms with Crippen LogP contribution in [0, 0.1) is 0 Å². The number of nitrogens with zero attached hydrogens (tertiary/aromatic N) is 6. The van der Waals surface area contributed by atoms with Gasteiger partial charge in [0.2, 0.25) is 0 Å². The van der Waals surface area contributed by atoms with E-state index in [1.165, 1.54) is 0 Å². The van der Waals surface area contributed by atoms with Gasteiger partial charge in [-0.05, 0) is 41.5 Å². The van der Waals surface area contributed by atoms with Crippen molar-refractivity contribution in [1.29, 1.82) is 0 Å². The lowest BCUT2D eigenvalue weighted by Crippen LogP contribution is -2.18. The highest BCUT2D eigenvalue weighted by Crippen LogP contribution is 2.25. The summed E-state index contributed by atoms with van der Waals surface area (Å²) >= 11 is 6.22. The van der Waals surface area contributed by atoms with Crippen LogP contribution in [0.25, 0.3) is 21.8 Å². The van der Waals surface area contributed by atoms with Gasteiger partial charge in [0, 0.05) is 42.1 Å². The third kappa shape index (κ3) is 4.71. The molecule has 0 radical (unpaired) electrons. The number of aryl methyl sites for hydroxylation is 1. The van der Waals surface area contributed by atoms with Gasteiger partial charge in [-0.2, -0.15) is 10.2 Å². The molecule has 0 aliphatic heterocycles. The van der Waals surface area contributed by atoms with Crippen LogP contribution in [-0.2, 0) is 26.7 Å². The van der Waals surface area contributed by atoms with Gasteiger partial charge >= 0.3 is 0 Å². The van der Waals surface area contributed by atoms with Gasteiger partial charge in [0.25, 0.3) is 5.56 Å². The quantitative estimate of drug-likeness (QED) is 0.333. The molecule has 0 atom stereocenters. The highest BCUT2D eigenvalue weighted by molar-refractivity contribution is 6.31. The van der Waals surface area contributed by atoms with E-state index in [1.54, 1.807) is 29.1 Å². The Labute approximate surface area is 217 Å². The number of aromatic nitrogens is 6. The Morgan fingerprint density at radius 3 is 2.54 bits per heavy atom. The summed E-state index contributed by atoms with van der Waals surface area (Å²) in [4.78, 5) is 16.5. The lowest BCUT2D eigenvalue weighted by molar-refractivity contribution is 0.694. The molecule has 37 heavy (non-hydrogen) atoms. The molecule has 0 bridgehead atoms. The predicted octanol–water partition coefficient (Wildman–Crippen LogP) is 4.84. The zero-order chi connectivity index (χ0) is 25.4. The maximum Gasteiger partial charge on any atom is 0.250 e. The molecule has 4 aromatic heterocycles. The van der Waals surface area contributed by atoms with Gasteiger partial charge in [0.15, 0.2) is 0 Å². The Morgan fingerprint density at radius 1 is 0.919 bits per heavy atom. The Bertz CT molecular complexity index is 1780. The van der Waals surface area contributed by atoms with Crippen molar-refractivity contribution in [2.75, 3.05) is 5.32 Å². The van der Waals surface area contributed by atoms with Crippen LogP contribution in [0.15, 0.2) is 90.1 Å². The molecule has 0 saturated heterocycles. The SMILES string of the molecule is Cn1nc(CNc2nccc3nn(Cc4ccc(Cn5ccccc5=O)cc4)cc23)c2cc(Cl)ccc21. The second-order valence-corrected chi connectivity index (χ2v) is 9.42. The van der Waals surface area contributed by atoms with Crippen LogP contribution in [0.1, 0.15) is 16.8 Å². The monoisotopic (exact) mass is 509 g/mol. The highest BCUT2D eigenvalue weighted by Gasteiger charge is 2.12. The zero-order valence-corrected chi connectivity index (χ0v) is 20.9. The van der Waals surface area contributed by atoms with Gasteiger partial charge < -0.3 is 9.88 Å². The fourth-order valence-electron chi connectivity index (χ4n) is 4.55. The van der Waals surface area contributed by atoms with E-state index in [-0.39, 0.29) is 5.56 Å². The maximum atomic E-state index is 12.0. The summed E-state index contributed by atoms with van der Waals surface area (Å²) in [6.07, 6.45) is 5.57. The zero-order valence-electron chi connectivity index (χ0n) is 20.2. The first-order valence-electron chi connectivity index (χ1n) is 11.9. The van der Waals surface area contributed by atoms with Crippen LogP contribution in [0.2, 0.25) is 5.02 Å². The Balaban J connectivity index is 1.19. The fraction of sp³-hybridized carbons (Fsp3) is 0.143. The minimum Gasteiger partial charge on any atom is -0.364 e. The average Bonchev–Trinajstić information content (AvgIpc) is 3.45. The van der Waals surface area contributed by atoms with Crippen LogP contribution < -0.4 is 10.9 Å². The van der Waals surface area contributed by atoms with Crippen molar-refractivity contribution in [2.24, 2.45) is 7.05 Å². The summed E-state index contributed by atoms with van der Waals surface area (Å²) < 4.78 is 5.47. The summed E-state index contributed by atoms with van der Waals surface area (Å²) in [6, 6.07) is 21.1. The van der Waals surface area contributed by atoms with Gasteiger partial charge in [0.1, 0.15) is 5.82 Å². The summed E-state index contributed by atoms with van der Waals surface area (Å²) in [6.45, 7) is 1.69. The Kier molecular flexibility index (Phi) is 5.94. The van der Waals surface area contributed by atoms with Crippen LogP contribution in [0.5, 0.6) is 0 Å². The van der Waals surface area contributed by atoms with Gasteiger partial charge in [-0.25, -0.2) is 4.98 Å². The van der Waals surface area contributed by atoms with E-state index < -0.39 is 0 Å². The van der Waals surface area contributed by atoms with Crippen molar-refractivity contribution in [3.05, 3.63) is 118 Å². The first-order chi connectivity index (χ1) is 18.0. The molecule has 6 rings (SSSR count). The molecule has 0 amide bonds. The molecule has 8 nitrogen and oxygen atoms in total. The van der Waals surface area contributed by atoms with Gasteiger partial charge in [-0.15, -0.1) is 0 Å². The lowest BCUT2D eigenvalue weighted by atomic mass is 10.1. The first-order valence-corrected chi connectivity index (χ1v) is 12.3. The number of pyridine rings is 2. The van der Waals surface area contributed by atoms with Crippen molar-refractivity contribution in [3.8, 4) is 0 Å². The van der Waals surface area contributed by atoms with E-state index in [9.17, 15) is 4.79 Å². The number of rotatable bonds is 7. The maximum absolute atomic E-state index is 12.0. The smallest absolute Gasteiger partial charge is 0.250 e. The van der Waals surface area contributed by atoms with Crippen molar-refractivity contribution >= 4 is 39.2 Å². The largest absolute Gasteiger partial charge is 0.364 e. The van der Waals surface area contributed by atoms with E-state index in [1.807, 2.05) is 52.9 Å². The molecule has 0 aliphatic carbocycles. The Hall–Kier alpha value is -4.43. The van der Waals surface area contributed by atoms with Crippen molar-refractivity contribution in [1.82, 2.24) is 29.1 Å². The van der Waals surface area contributed by atoms with E-state index in [2.05, 4.69) is 39.7 Å². The minimum absolute atomic E-state index is 0.00661. The highest BCUT2D eigenvalue weighted by atomic mass is 35.5. The number of hydrogen-bond acceptors (Lipinski definition) is 5. The summed E-state index contributed by atoms with van der Waals surface area (Å²) in [5, 5.41) is 15.5. The molecule has 0 spiro atoms. The van der Waals surface area contributed by atoms with E-state index in [4.69, 9.17) is 16.7 Å². The number of benzene rings is 2. The van der Waals surface area contributed by atoms with E-state index >= 15 is 0 Å². The van der Waals surface area contributed by atoms with Crippen molar-refractivity contribution in [2.45, 2.75) is 19.6 Å². The standard InChI is InChI=1S/C28H24ClN7O/c1-34-26-10-9-21(29)14-22(26)25(32-34)15-31-28-23-18-36(33-24(23)11-12-30-28)17-20-7-5-19(6-8-20)16-35-13-3-2-4-27(35)37/h2-14,18H,15-17H2,1H3,(H,30,31). The van der Waals surface area contributed by atoms with Crippen LogP contribution in [-0.4, -0.2) is 29.1 Å². The van der Waals surface area contributed by atoms with Crippen LogP contribution >= 0.6 is 11.6 Å². The van der Waals surface area contributed by atoms with Gasteiger partial charge in [0.05, 0.1) is 41.7 Å². The number of hydrogen-bond donors (Lipinski definition) is 1. The molecule has 0 saturated carbocycles. The second-order valence-electron chi connectivity index (χ2n) is 8.99. The molecule has 2 aromatic carbocycles. The summed E-state index contributed by atoms with van der Waals surface area (Å²) in [7, 11) is 1.93. The fourth-order valence-corrected chi connectivity index (χ4v) is 4.72. The molecule has 9 heteroatoms. The molecular weight excluding hydrogens is 486 g/mol. The number of anilines is 1. The molecule has 4 heterocycles. The van der Waals surface area contributed by atoms with Crippen LogP contribution in [0.4, 0.5) is 5.82 Å². The molecule has 184 valence electrons. The van der Waals surface area contributed by atoms with Gasteiger partial charge in [-0.1, -0.05) is 41.9 Å². The third-order valence-corrected chi connectivity index (χ3v) is 6.65. The molecular formula is C28H24ClN7O. The normalized spacial score (nSPS) is 11.4. The van der Waals surface area contributed by atoms with Crippen molar-refractivity contribution in [3.63, 3.8) is 0 Å². The first kappa shape index (κ1) is 23.0. The number of halogens is 1.